The lowest BCUT2D eigenvalue weighted by atomic mass is 10.1. The smallest absolute Gasteiger partial charge is 0.259 e. The van der Waals surface area contributed by atoms with Crippen LogP contribution in [0, 0.1) is 0 Å². The van der Waals surface area contributed by atoms with Gasteiger partial charge in [0.1, 0.15) is 5.82 Å². The number of pyridine rings is 1. The van der Waals surface area contributed by atoms with Gasteiger partial charge in [0.05, 0.1) is 18.8 Å². The van der Waals surface area contributed by atoms with Crippen molar-refractivity contribution in [3.8, 4) is 0 Å². The average molecular weight is 325 g/mol. The van der Waals surface area contributed by atoms with Gasteiger partial charge in [-0.3, -0.25) is 9.59 Å². The van der Waals surface area contributed by atoms with Crippen LogP contribution in [-0.4, -0.2) is 43.0 Å². The van der Waals surface area contributed by atoms with Gasteiger partial charge in [0.2, 0.25) is 0 Å². The van der Waals surface area contributed by atoms with Crippen molar-refractivity contribution < 1.29 is 14.3 Å². The first-order chi connectivity index (χ1) is 11.6. The van der Waals surface area contributed by atoms with E-state index in [1.165, 1.54) is 6.92 Å². The van der Waals surface area contributed by atoms with Gasteiger partial charge < -0.3 is 15.0 Å². The lowest BCUT2D eigenvalue weighted by molar-refractivity contribution is 0.101. The summed E-state index contributed by atoms with van der Waals surface area (Å²) >= 11 is 0. The van der Waals surface area contributed by atoms with Gasteiger partial charge in [0.25, 0.3) is 5.91 Å². The molecule has 0 atom stereocenters. The van der Waals surface area contributed by atoms with Crippen LogP contribution in [0.25, 0.3) is 0 Å². The van der Waals surface area contributed by atoms with Crippen LogP contribution in [0.2, 0.25) is 0 Å². The van der Waals surface area contributed by atoms with Crippen molar-refractivity contribution >= 4 is 23.2 Å². The van der Waals surface area contributed by atoms with Crippen LogP contribution in [0.5, 0.6) is 0 Å². The molecule has 1 amide bonds. The molecular formula is C18H19N3O3. The van der Waals surface area contributed by atoms with E-state index in [-0.39, 0.29) is 11.7 Å². The minimum Gasteiger partial charge on any atom is -0.378 e. The van der Waals surface area contributed by atoms with E-state index in [0.717, 1.165) is 0 Å². The van der Waals surface area contributed by atoms with Gasteiger partial charge >= 0.3 is 0 Å². The van der Waals surface area contributed by atoms with Crippen molar-refractivity contribution in [1.82, 2.24) is 4.98 Å². The number of anilines is 2. The third-order valence-corrected chi connectivity index (χ3v) is 3.89. The highest BCUT2D eigenvalue weighted by Crippen LogP contribution is 2.20. The van der Waals surface area contributed by atoms with Crippen LogP contribution in [0.4, 0.5) is 11.5 Å². The Hall–Kier alpha value is -2.73. The van der Waals surface area contributed by atoms with Gasteiger partial charge in [-0.15, -0.1) is 0 Å². The van der Waals surface area contributed by atoms with Gasteiger partial charge in [-0.05, 0) is 43.3 Å². The number of amides is 1. The number of nitrogens with zero attached hydrogens (tertiary/aromatic N) is 2. The fourth-order valence-electron chi connectivity index (χ4n) is 2.59. The molecule has 6 nitrogen and oxygen atoms in total. The summed E-state index contributed by atoms with van der Waals surface area (Å²) in [6, 6.07) is 10.3. The standard InChI is InChI=1S/C18H19N3O3/c1-13(22)14-4-6-15(7-5-14)20-18(23)16-3-2-8-19-17(16)21-9-11-24-12-10-21/h2-8H,9-12H2,1H3,(H,20,23). The van der Waals surface area contributed by atoms with Gasteiger partial charge in [-0.1, -0.05) is 0 Å². The Bertz CT molecular complexity index is 737. The number of benzene rings is 1. The maximum Gasteiger partial charge on any atom is 0.259 e. The van der Waals surface area contributed by atoms with E-state index in [1.807, 2.05) is 0 Å². The van der Waals surface area contributed by atoms with E-state index in [1.54, 1.807) is 42.6 Å². The first kappa shape index (κ1) is 16.1. The number of ketones is 1. The molecule has 0 radical (unpaired) electrons. The van der Waals surface area contributed by atoms with Crippen molar-refractivity contribution in [2.24, 2.45) is 0 Å². The molecule has 6 heteroatoms. The molecular weight excluding hydrogens is 306 g/mol. The highest BCUT2D eigenvalue weighted by molar-refractivity contribution is 6.07. The average Bonchev–Trinajstić information content (AvgIpc) is 2.63. The molecule has 0 unspecified atom stereocenters. The number of carbonyl (C=O) groups is 2. The number of hydrogen-bond donors (Lipinski definition) is 1. The summed E-state index contributed by atoms with van der Waals surface area (Å²) in [7, 11) is 0. The number of aromatic nitrogens is 1. The summed E-state index contributed by atoms with van der Waals surface area (Å²) in [5.41, 5.74) is 1.78. The summed E-state index contributed by atoms with van der Waals surface area (Å²) in [6.45, 7) is 4.20. The van der Waals surface area contributed by atoms with Crippen molar-refractivity contribution in [3.05, 3.63) is 53.7 Å². The van der Waals surface area contributed by atoms with Crippen molar-refractivity contribution in [1.29, 1.82) is 0 Å². The van der Waals surface area contributed by atoms with Crippen LogP contribution >= 0.6 is 0 Å². The molecule has 2 aromatic rings. The largest absolute Gasteiger partial charge is 0.378 e. The molecule has 1 N–H and O–H groups in total. The molecule has 0 saturated carbocycles. The number of hydrogen-bond acceptors (Lipinski definition) is 5. The second-order valence-electron chi connectivity index (χ2n) is 5.56. The van der Waals surface area contributed by atoms with Crippen LogP contribution in [-0.2, 0) is 4.74 Å². The second kappa shape index (κ2) is 7.23. The van der Waals surface area contributed by atoms with Crippen LogP contribution in [0.1, 0.15) is 27.6 Å². The third-order valence-electron chi connectivity index (χ3n) is 3.89. The van der Waals surface area contributed by atoms with Crippen LogP contribution in [0.15, 0.2) is 42.6 Å². The van der Waals surface area contributed by atoms with Crippen LogP contribution in [0.3, 0.4) is 0 Å². The monoisotopic (exact) mass is 325 g/mol. The maximum atomic E-state index is 12.6. The van der Waals surface area contributed by atoms with Crippen molar-refractivity contribution in [2.75, 3.05) is 36.5 Å². The minimum atomic E-state index is -0.222. The highest BCUT2D eigenvalue weighted by Gasteiger charge is 2.19. The number of Topliss-reactive ketones (excluding diaryl/α,β-unsaturated/α-hetero) is 1. The molecule has 0 spiro atoms. The Morgan fingerprint density at radius 2 is 1.83 bits per heavy atom. The van der Waals surface area contributed by atoms with Gasteiger partial charge in [0.15, 0.2) is 5.78 Å². The lowest BCUT2D eigenvalue weighted by Gasteiger charge is -2.29. The molecule has 1 aromatic carbocycles. The number of ether oxygens (including phenoxy) is 1. The van der Waals surface area contributed by atoms with E-state index in [4.69, 9.17) is 4.74 Å². The van der Waals surface area contributed by atoms with Gasteiger partial charge in [0, 0.05) is 30.5 Å². The Morgan fingerprint density at radius 1 is 1.12 bits per heavy atom. The van der Waals surface area contributed by atoms with E-state index in [0.29, 0.717) is 48.9 Å². The Balaban J connectivity index is 1.78. The zero-order valence-electron chi connectivity index (χ0n) is 13.5. The van der Waals surface area contributed by atoms with Crippen LogP contribution < -0.4 is 10.2 Å². The van der Waals surface area contributed by atoms with Gasteiger partial charge in [-0.25, -0.2) is 4.98 Å². The number of rotatable bonds is 4. The maximum absolute atomic E-state index is 12.6. The molecule has 124 valence electrons. The minimum absolute atomic E-state index is 0.00487. The molecule has 1 aromatic heterocycles. The van der Waals surface area contributed by atoms with E-state index < -0.39 is 0 Å². The zero-order chi connectivity index (χ0) is 16.9. The first-order valence-electron chi connectivity index (χ1n) is 7.85. The van der Waals surface area contributed by atoms with Crippen molar-refractivity contribution in [2.45, 2.75) is 6.92 Å². The first-order valence-corrected chi connectivity index (χ1v) is 7.85. The molecule has 0 bridgehead atoms. The van der Waals surface area contributed by atoms with E-state index in [9.17, 15) is 9.59 Å². The van der Waals surface area contributed by atoms with Gasteiger partial charge in [-0.2, -0.15) is 0 Å². The Kier molecular flexibility index (Phi) is 4.86. The highest BCUT2D eigenvalue weighted by atomic mass is 16.5. The molecule has 0 aliphatic carbocycles. The molecule has 1 saturated heterocycles. The van der Waals surface area contributed by atoms with Crippen molar-refractivity contribution in [3.63, 3.8) is 0 Å². The molecule has 24 heavy (non-hydrogen) atoms. The predicted octanol–water partition coefficient (Wildman–Crippen LogP) is 2.37. The summed E-state index contributed by atoms with van der Waals surface area (Å²) in [5, 5.41) is 2.86. The zero-order valence-corrected chi connectivity index (χ0v) is 13.5. The Morgan fingerprint density at radius 3 is 2.50 bits per heavy atom. The summed E-state index contributed by atoms with van der Waals surface area (Å²) in [6.07, 6.45) is 1.68. The SMILES string of the molecule is CC(=O)c1ccc(NC(=O)c2cccnc2N2CCOCC2)cc1. The number of morpholine rings is 1. The van der Waals surface area contributed by atoms with E-state index >= 15 is 0 Å². The third kappa shape index (κ3) is 3.60. The normalized spacial score (nSPS) is 14.3. The summed E-state index contributed by atoms with van der Waals surface area (Å²) < 4.78 is 5.35. The fraction of sp³-hybridized carbons (Fsp3) is 0.278. The summed E-state index contributed by atoms with van der Waals surface area (Å²) in [4.78, 5) is 30.3. The quantitative estimate of drug-likeness (QED) is 0.874. The number of carbonyl (C=O) groups excluding carboxylic acids is 2. The fourth-order valence-corrected chi connectivity index (χ4v) is 2.59. The second-order valence-corrected chi connectivity index (χ2v) is 5.56. The molecule has 3 rings (SSSR count). The Labute approximate surface area is 140 Å². The lowest BCUT2D eigenvalue weighted by Crippen LogP contribution is -2.38. The van der Waals surface area contributed by atoms with E-state index in [2.05, 4.69) is 15.2 Å². The summed E-state index contributed by atoms with van der Waals surface area (Å²) in [5.74, 6) is 0.438. The number of nitrogens with one attached hydrogen (secondary N) is 1. The molecule has 2 heterocycles. The predicted molar refractivity (Wildman–Crippen MR) is 91.7 cm³/mol. The molecule has 1 fully saturated rings. The molecule has 1 aliphatic rings. The topological polar surface area (TPSA) is 71.5 Å². The molecule has 1 aliphatic heterocycles.